The van der Waals surface area contributed by atoms with E-state index in [1.165, 1.54) is 0 Å². The van der Waals surface area contributed by atoms with E-state index in [0.717, 1.165) is 45.2 Å². The molecule has 3 nitrogen and oxygen atoms in total. The zero-order valence-corrected chi connectivity index (χ0v) is 10.7. The fourth-order valence-electron chi connectivity index (χ4n) is 2.29. The number of carbonyl (C=O) groups excluding carboxylic acids is 1. The predicted octanol–water partition coefficient (Wildman–Crippen LogP) is 1.91. The molecule has 0 saturated heterocycles. The molecule has 3 heteroatoms. The van der Waals surface area contributed by atoms with Crippen LogP contribution >= 0.6 is 0 Å². The Hall–Kier alpha value is -0.570. The quantitative estimate of drug-likeness (QED) is 0.752. The molecular weight excluding hydrogens is 200 g/mol. The molecule has 0 spiro atoms. The maximum atomic E-state index is 11.8. The van der Waals surface area contributed by atoms with Crippen molar-refractivity contribution in [2.75, 3.05) is 13.1 Å². The molecule has 1 fully saturated rings. The molecule has 3 N–H and O–H groups in total. The van der Waals surface area contributed by atoms with Crippen LogP contribution in [0, 0.1) is 17.8 Å². The van der Waals surface area contributed by atoms with E-state index in [-0.39, 0.29) is 11.8 Å². The minimum absolute atomic E-state index is 0.245. The summed E-state index contributed by atoms with van der Waals surface area (Å²) < 4.78 is 0. The van der Waals surface area contributed by atoms with E-state index >= 15 is 0 Å². The average Bonchev–Trinajstić information content (AvgIpc) is 2.28. The largest absolute Gasteiger partial charge is 0.356 e. The Bertz CT molecular complexity index is 208. The number of nitrogens with two attached hydrogens (primary N) is 1. The van der Waals surface area contributed by atoms with E-state index in [1.54, 1.807) is 0 Å². The summed E-state index contributed by atoms with van der Waals surface area (Å²) in [4.78, 5) is 11.8. The molecule has 1 aliphatic carbocycles. The molecule has 16 heavy (non-hydrogen) atoms. The number of hydrogen-bond acceptors (Lipinski definition) is 2. The lowest BCUT2D eigenvalue weighted by atomic mass is 9.81. The Labute approximate surface area is 99.2 Å². The average molecular weight is 226 g/mol. The van der Waals surface area contributed by atoms with Crippen molar-refractivity contribution in [3.05, 3.63) is 0 Å². The van der Waals surface area contributed by atoms with Crippen molar-refractivity contribution in [3.8, 4) is 0 Å². The lowest BCUT2D eigenvalue weighted by Gasteiger charge is -2.26. The fraction of sp³-hybridized carbons (Fsp3) is 0.923. The highest BCUT2D eigenvalue weighted by molar-refractivity contribution is 5.78. The first-order chi connectivity index (χ1) is 7.63. The molecule has 1 rings (SSSR count). The molecule has 0 aliphatic heterocycles. The third kappa shape index (κ3) is 4.52. The molecule has 94 valence electrons. The molecule has 0 heterocycles. The highest BCUT2D eigenvalue weighted by atomic mass is 16.1. The van der Waals surface area contributed by atoms with Gasteiger partial charge in [-0.15, -0.1) is 0 Å². The Morgan fingerprint density at radius 1 is 1.31 bits per heavy atom. The van der Waals surface area contributed by atoms with Crippen LogP contribution in [0.1, 0.15) is 46.0 Å². The van der Waals surface area contributed by atoms with Gasteiger partial charge < -0.3 is 11.1 Å². The normalized spacial score (nSPS) is 25.8. The highest BCUT2D eigenvalue weighted by Crippen LogP contribution is 2.28. The van der Waals surface area contributed by atoms with Gasteiger partial charge in [-0.3, -0.25) is 4.79 Å². The molecule has 0 atom stereocenters. The molecule has 0 radical (unpaired) electrons. The van der Waals surface area contributed by atoms with Gasteiger partial charge in [0.05, 0.1) is 0 Å². The number of amides is 1. The lowest BCUT2D eigenvalue weighted by Crippen LogP contribution is -2.35. The van der Waals surface area contributed by atoms with Gasteiger partial charge in [0.1, 0.15) is 0 Å². The van der Waals surface area contributed by atoms with Gasteiger partial charge in [-0.1, -0.05) is 13.8 Å². The van der Waals surface area contributed by atoms with Gasteiger partial charge in [-0.2, -0.15) is 0 Å². The SMILES string of the molecule is CC(C)CCNC(=O)C1CCC(CN)CC1. The lowest BCUT2D eigenvalue weighted by molar-refractivity contribution is -0.126. The topological polar surface area (TPSA) is 55.1 Å². The number of nitrogens with one attached hydrogen (secondary N) is 1. The number of rotatable bonds is 5. The summed E-state index contributed by atoms with van der Waals surface area (Å²) in [5.41, 5.74) is 5.64. The zero-order chi connectivity index (χ0) is 12.0. The Kier molecular flexibility index (Phi) is 5.81. The fourth-order valence-corrected chi connectivity index (χ4v) is 2.29. The van der Waals surface area contributed by atoms with Gasteiger partial charge in [-0.25, -0.2) is 0 Å². The minimum Gasteiger partial charge on any atom is -0.356 e. The summed E-state index contributed by atoms with van der Waals surface area (Å²) in [6.07, 6.45) is 5.37. The summed E-state index contributed by atoms with van der Waals surface area (Å²) in [6, 6.07) is 0. The summed E-state index contributed by atoms with van der Waals surface area (Å²) in [5, 5.41) is 3.05. The van der Waals surface area contributed by atoms with Crippen LogP contribution in [-0.2, 0) is 4.79 Å². The van der Waals surface area contributed by atoms with Gasteiger partial charge in [0.2, 0.25) is 5.91 Å². The van der Waals surface area contributed by atoms with Gasteiger partial charge >= 0.3 is 0 Å². The van der Waals surface area contributed by atoms with Gasteiger partial charge in [-0.05, 0) is 50.5 Å². The van der Waals surface area contributed by atoms with Crippen LogP contribution in [0.4, 0.5) is 0 Å². The van der Waals surface area contributed by atoms with Crippen LogP contribution in [0.2, 0.25) is 0 Å². The first-order valence-electron chi connectivity index (χ1n) is 6.61. The Morgan fingerprint density at radius 2 is 1.94 bits per heavy atom. The Morgan fingerprint density at radius 3 is 2.44 bits per heavy atom. The van der Waals surface area contributed by atoms with Crippen LogP contribution in [0.15, 0.2) is 0 Å². The summed E-state index contributed by atoms with van der Waals surface area (Å²) in [6.45, 7) is 5.96. The molecule has 1 amide bonds. The van der Waals surface area contributed by atoms with Gasteiger partial charge in [0.25, 0.3) is 0 Å². The van der Waals surface area contributed by atoms with Crippen molar-refractivity contribution in [1.29, 1.82) is 0 Å². The van der Waals surface area contributed by atoms with Crippen molar-refractivity contribution >= 4 is 5.91 Å². The second-order valence-electron chi connectivity index (χ2n) is 5.43. The van der Waals surface area contributed by atoms with Crippen LogP contribution in [0.25, 0.3) is 0 Å². The van der Waals surface area contributed by atoms with Gasteiger partial charge in [0, 0.05) is 12.5 Å². The van der Waals surface area contributed by atoms with Crippen LogP contribution < -0.4 is 11.1 Å². The maximum absolute atomic E-state index is 11.8. The summed E-state index contributed by atoms with van der Waals surface area (Å²) in [7, 11) is 0. The Balaban J connectivity index is 2.18. The van der Waals surface area contributed by atoms with E-state index in [4.69, 9.17) is 5.73 Å². The van der Waals surface area contributed by atoms with Crippen LogP contribution in [0.5, 0.6) is 0 Å². The van der Waals surface area contributed by atoms with E-state index in [0.29, 0.717) is 11.8 Å². The molecule has 0 bridgehead atoms. The zero-order valence-electron chi connectivity index (χ0n) is 10.7. The maximum Gasteiger partial charge on any atom is 0.223 e. The molecule has 1 saturated carbocycles. The van der Waals surface area contributed by atoms with E-state index in [1.807, 2.05) is 0 Å². The number of carbonyl (C=O) groups is 1. The van der Waals surface area contributed by atoms with Gasteiger partial charge in [0.15, 0.2) is 0 Å². The molecular formula is C13H26N2O. The van der Waals surface area contributed by atoms with E-state index in [9.17, 15) is 4.79 Å². The summed E-state index contributed by atoms with van der Waals surface area (Å²) in [5.74, 6) is 1.82. The summed E-state index contributed by atoms with van der Waals surface area (Å²) >= 11 is 0. The second kappa shape index (κ2) is 6.89. The van der Waals surface area contributed by atoms with Crippen molar-refractivity contribution in [3.63, 3.8) is 0 Å². The molecule has 1 aliphatic rings. The van der Waals surface area contributed by atoms with Crippen molar-refractivity contribution in [2.45, 2.75) is 46.0 Å². The standard InChI is InChI=1S/C13H26N2O/c1-10(2)7-8-15-13(16)12-5-3-11(9-14)4-6-12/h10-12H,3-9,14H2,1-2H3,(H,15,16). The molecule has 0 aromatic heterocycles. The second-order valence-corrected chi connectivity index (χ2v) is 5.43. The molecule has 0 aromatic carbocycles. The van der Waals surface area contributed by atoms with Crippen molar-refractivity contribution in [2.24, 2.45) is 23.5 Å². The van der Waals surface area contributed by atoms with Crippen LogP contribution in [0.3, 0.4) is 0 Å². The first-order valence-corrected chi connectivity index (χ1v) is 6.61. The smallest absolute Gasteiger partial charge is 0.223 e. The predicted molar refractivity (Wildman–Crippen MR) is 67.0 cm³/mol. The first kappa shape index (κ1) is 13.5. The third-order valence-electron chi connectivity index (χ3n) is 3.57. The van der Waals surface area contributed by atoms with Crippen LogP contribution in [-0.4, -0.2) is 19.0 Å². The minimum atomic E-state index is 0.245. The third-order valence-corrected chi connectivity index (χ3v) is 3.57. The molecule has 0 unspecified atom stereocenters. The highest BCUT2D eigenvalue weighted by Gasteiger charge is 2.25. The van der Waals surface area contributed by atoms with E-state index in [2.05, 4.69) is 19.2 Å². The van der Waals surface area contributed by atoms with Crippen molar-refractivity contribution < 1.29 is 4.79 Å². The van der Waals surface area contributed by atoms with E-state index < -0.39 is 0 Å². The number of hydrogen-bond donors (Lipinski definition) is 2. The molecule has 0 aromatic rings. The van der Waals surface area contributed by atoms with Crippen molar-refractivity contribution in [1.82, 2.24) is 5.32 Å². The monoisotopic (exact) mass is 226 g/mol.